The number of nitrogens with one attached hydrogen (secondary N) is 2. The van der Waals surface area contributed by atoms with Gasteiger partial charge in [0.15, 0.2) is 0 Å². The van der Waals surface area contributed by atoms with Crippen LogP contribution in [0.2, 0.25) is 0 Å². The lowest BCUT2D eigenvalue weighted by Crippen LogP contribution is -2.42. The van der Waals surface area contributed by atoms with Crippen molar-refractivity contribution >= 4 is 5.97 Å². The molecule has 2 aliphatic heterocycles. The van der Waals surface area contributed by atoms with Crippen LogP contribution in [0.1, 0.15) is 12.8 Å². The normalized spacial score (nSPS) is 26.7. The van der Waals surface area contributed by atoms with E-state index in [4.69, 9.17) is 4.74 Å². The van der Waals surface area contributed by atoms with E-state index < -0.39 is 0 Å². The van der Waals surface area contributed by atoms with Gasteiger partial charge in [0, 0.05) is 18.8 Å². The van der Waals surface area contributed by atoms with Crippen LogP contribution in [0.15, 0.2) is 11.3 Å². The van der Waals surface area contributed by atoms with Crippen molar-refractivity contribution in [2.45, 2.75) is 18.9 Å². The van der Waals surface area contributed by atoms with Crippen molar-refractivity contribution in [1.29, 1.82) is 0 Å². The van der Waals surface area contributed by atoms with Crippen LogP contribution in [0.5, 0.6) is 0 Å². The Kier molecular flexibility index (Phi) is 2.22. The molecule has 0 saturated heterocycles. The summed E-state index contributed by atoms with van der Waals surface area (Å²) in [6, 6.07) is -0.136. The molecule has 0 aromatic heterocycles. The fraction of sp³-hybridized carbons (Fsp3) is 0.667. The molecule has 0 saturated carbocycles. The summed E-state index contributed by atoms with van der Waals surface area (Å²) in [5.74, 6) is -0.154. The lowest BCUT2D eigenvalue weighted by atomic mass is 10.00. The Morgan fingerprint density at radius 3 is 3.23 bits per heavy atom. The highest BCUT2D eigenvalue weighted by molar-refractivity contribution is 5.76. The van der Waals surface area contributed by atoms with Crippen molar-refractivity contribution in [2.75, 3.05) is 20.2 Å². The molecule has 0 aromatic carbocycles. The van der Waals surface area contributed by atoms with Crippen molar-refractivity contribution < 1.29 is 9.53 Å². The van der Waals surface area contributed by atoms with Gasteiger partial charge in [0.05, 0.1) is 7.11 Å². The molecule has 0 bridgehead atoms. The highest BCUT2D eigenvalue weighted by atomic mass is 16.5. The van der Waals surface area contributed by atoms with Gasteiger partial charge in [-0.05, 0) is 18.4 Å². The Balaban J connectivity index is 2.03. The molecule has 1 unspecified atom stereocenters. The van der Waals surface area contributed by atoms with Gasteiger partial charge in [-0.25, -0.2) is 0 Å². The Labute approximate surface area is 77.3 Å². The van der Waals surface area contributed by atoms with Crippen molar-refractivity contribution in [3.05, 3.63) is 11.3 Å². The summed E-state index contributed by atoms with van der Waals surface area (Å²) in [6.07, 6.45) is 1.87. The summed E-state index contributed by atoms with van der Waals surface area (Å²) < 4.78 is 4.69. The van der Waals surface area contributed by atoms with E-state index in [9.17, 15) is 4.79 Å². The zero-order valence-electron chi connectivity index (χ0n) is 7.72. The smallest absolute Gasteiger partial charge is 0.323 e. The van der Waals surface area contributed by atoms with Gasteiger partial charge in [0.1, 0.15) is 6.04 Å². The first-order valence-electron chi connectivity index (χ1n) is 4.57. The summed E-state index contributed by atoms with van der Waals surface area (Å²) in [5, 5.41) is 6.45. The van der Waals surface area contributed by atoms with Crippen molar-refractivity contribution in [1.82, 2.24) is 10.6 Å². The molecule has 2 heterocycles. The minimum Gasteiger partial charge on any atom is -0.468 e. The van der Waals surface area contributed by atoms with Gasteiger partial charge in [-0.1, -0.05) is 0 Å². The fourth-order valence-electron chi connectivity index (χ4n) is 1.91. The summed E-state index contributed by atoms with van der Waals surface area (Å²) in [6.45, 7) is 1.79. The molecule has 2 N–H and O–H groups in total. The van der Waals surface area contributed by atoms with Gasteiger partial charge in [-0.3, -0.25) is 10.1 Å². The van der Waals surface area contributed by atoms with Crippen molar-refractivity contribution in [2.24, 2.45) is 0 Å². The van der Waals surface area contributed by atoms with E-state index in [1.54, 1.807) is 0 Å². The van der Waals surface area contributed by atoms with Crippen LogP contribution in [-0.4, -0.2) is 32.2 Å². The lowest BCUT2D eigenvalue weighted by Gasteiger charge is -2.22. The molecule has 0 fully saturated rings. The SMILES string of the molecule is COC(=O)C1CC2=C(CN1)NCC2. The second-order valence-corrected chi connectivity index (χ2v) is 3.42. The number of carbonyl (C=O) groups excluding carboxylic acids is 1. The number of hydrogen-bond acceptors (Lipinski definition) is 4. The highest BCUT2D eigenvalue weighted by Crippen LogP contribution is 2.22. The van der Waals surface area contributed by atoms with Crippen LogP contribution in [0, 0.1) is 0 Å². The molecular formula is C9H14N2O2. The number of methoxy groups -OCH3 is 1. The summed E-state index contributed by atoms with van der Waals surface area (Å²) in [4.78, 5) is 11.2. The fourth-order valence-corrected chi connectivity index (χ4v) is 1.91. The number of esters is 1. The van der Waals surface area contributed by atoms with Gasteiger partial charge in [-0.15, -0.1) is 0 Å². The van der Waals surface area contributed by atoms with Gasteiger partial charge in [-0.2, -0.15) is 0 Å². The molecule has 4 heteroatoms. The third-order valence-electron chi connectivity index (χ3n) is 2.65. The van der Waals surface area contributed by atoms with Crippen LogP contribution < -0.4 is 10.6 Å². The summed E-state index contributed by atoms with van der Waals surface area (Å²) >= 11 is 0. The Hall–Kier alpha value is -1.03. The Bertz CT molecular complexity index is 260. The van der Waals surface area contributed by atoms with E-state index in [2.05, 4.69) is 10.6 Å². The van der Waals surface area contributed by atoms with E-state index in [0.717, 1.165) is 25.9 Å². The van der Waals surface area contributed by atoms with Gasteiger partial charge in [0.2, 0.25) is 0 Å². The zero-order valence-corrected chi connectivity index (χ0v) is 7.72. The molecule has 0 spiro atoms. The molecule has 2 rings (SSSR count). The zero-order chi connectivity index (χ0) is 9.26. The van der Waals surface area contributed by atoms with Crippen LogP contribution in [0.4, 0.5) is 0 Å². The van der Waals surface area contributed by atoms with E-state index in [0.29, 0.717) is 0 Å². The molecule has 0 aliphatic carbocycles. The molecule has 0 radical (unpaired) electrons. The highest BCUT2D eigenvalue weighted by Gasteiger charge is 2.28. The minimum absolute atomic E-state index is 0.136. The maximum Gasteiger partial charge on any atom is 0.323 e. The second-order valence-electron chi connectivity index (χ2n) is 3.42. The molecule has 0 amide bonds. The predicted molar refractivity (Wildman–Crippen MR) is 48.1 cm³/mol. The monoisotopic (exact) mass is 182 g/mol. The standard InChI is InChI=1S/C9H14N2O2/c1-13-9(12)7-4-6-2-3-10-8(6)5-11-7/h7,10-11H,2-5H2,1H3. The van der Waals surface area contributed by atoms with Gasteiger partial charge >= 0.3 is 5.97 Å². The van der Waals surface area contributed by atoms with Gasteiger partial charge in [0.25, 0.3) is 0 Å². The summed E-state index contributed by atoms with van der Waals surface area (Å²) in [5.41, 5.74) is 2.66. The first-order valence-corrected chi connectivity index (χ1v) is 4.57. The predicted octanol–water partition coefficient (Wildman–Crippen LogP) is -0.231. The number of ether oxygens (including phenoxy) is 1. The molecular weight excluding hydrogens is 168 g/mol. The average Bonchev–Trinajstić information content (AvgIpc) is 2.63. The maximum absolute atomic E-state index is 11.2. The van der Waals surface area contributed by atoms with E-state index >= 15 is 0 Å². The molecule has 0 aromatic rings. The topological polar surface area (TPSA) is 50.4 Å². The number of carbonyl (C=O) groups is 1. The second kappa shape index (κ2) is 3.38. The first kappa shape index (κ1) is 8.56. The van der Waals surface area contributed by atoms with E-state index in [1.165, 1.54) is 18.4 Å². The Morgan fingerprint density at radius 2 is 2.46 bits per heavy atom. The average molecular weight is 182 g/mol. The quantitative estimate of drug-likeness (QED) is 0.550. The minimum atomic E-state index is -0.154. The van der Waals surface area contributed by atoms with Crippen molar-refractivity contribution in [3.63, 3.8) is 0 Å². The van der Waals surface area contributed by atoms with Crippen molar-refractivity contribution in [3.8, 4) is 0 Å². The molecule has 72 valence electrons. The van der Waals surface area contributed by atoms with Crippen LogP contribution in [0.3, 0.4) is 0 Å². The first-order chi connectivity index (χ1) is 6.31. The molecule has 2 aliphatic rings. The Morgan fingerprint density at radius 1 is 1.62 bits per heavy atom. The summed E-state index contributed by atoms with van der Waals surface area (Å²) in [7, 11) is 1.43. The third kappa shape index (κ3) is 1.54. The van der Waals surface area contributed by atoms with Crippen LogP contribution in [0.25, 0.3) is 0 Å². The van der Waals surface area contributed by atoms with Crippen LogP contribution in [-0.2, 0) is 9.53 Å². The maximum atomic E-state index is 11.2. The molecule has 13 heavy (non-hydrogen) atoms. The number of hydrogen-bond donors (Lipinski definition) is 2. The largest absolute Gasteiger partial charge is 0.468 e. The molecule has 1 atom stereocenters. The third-order valence-corrected chi connectivity index (χ3v) is 2.65. The van der Waals surface area contributed by atoms with Gasteiger partial charge < -0.3 is 10.1 Å². The van der Waals surface area contributed by atoms with E-state index in [-0.39, 0.29) is 12.0 Å². The number of rotatable bonds is 1. The lowest BCUT2D eigenvalue weighted by molar-refractivity contribution is -0.143. The molecule has 4 nitrogen and oxygen atoms in total. The van der Waals surface area contributed by atoms with Crippen LogP contribution >= 0.6 is 0 Å². The van der Waals surface area contributed by atoms with E-state index in [1.807, 2.05) is 0 Å².